The number of nitrogens with zero attached hydrogens (tertiary/aromatic N) is 2. The Hall–Kier alpha value is -2.01. The Morgan fingerprint density at radius 1 is 1.43 bits per heavy atom. The Kier molecular flexibility index (Phi) is 3.59. The number of carbonyl (C=O) groups is 1. The summed E-state index contributed by atoms with van der Waals surface area (Å²) in [6.07, 6.45) is 3.01. The lowest BCUT2D eigenvalue weighted by molar-refractivity contribution is 0.102. The monoisotopic (exact) mass is 305 g/mol. The van der Waals surface area contributed by atoms with E-state index in [0.717, 1.165) is 36.3 Å². The van der Waals surface area contributed by atoms with Gasteiger partial charge in [0.2, 0.25) is 0 Å². The number of amides is 1. The maximum absolute atomic E-state index is 12.5. The molecule has 0 spiro atoms. The summed E-state index contributed by atoms with van der Waals surface area (Å²) in [6.45, 7) is 0. The molecule has 1 aromatic carbocycles. The summed E-state index contributed by atoms with van der Waals surface area (Å²) in [5.41, 5.74) is 2.62. The third-order valence-corrected chi connectivity index (χ3v) is 3.94. The molecule has 2 aromatic rings. The van der Waals surface area contributed by atoms with E-state index >= 15 is 0 Å². The first-order chi connectivity index (χ1) is 10.1. The number of hydrogen-bond acceptors (Lipinski definition) is 3. The lowest BCUT2D eigenvalue weighted by Gasteiger charge is -2.11. The highest BCUT2D eigenvalue weighted by Gasteiger charge is 2.23. The lowest BCUT2D eigenvalue weighted by Crippen LogP contribution is -2.16. The van der Waals surface area contributed by atoms with E-state index in [1.54, 1.807) is 22.9 Å². The molecule has 3 rings (SSSR count). The predicted molar refractivity (Wildman–Crippen MR) is 81.2 cm³/mol. The fourth-order valence-corrected chi connectivity index (χ4v) is 2.88. The summed E-state index contributed by atoms with van der Waals surface area (Å²) in [5, 5.41) is 7.87. The Balaban J connectivity index is 1.92. The normalized spacial score (nSPS) is 13.1. The van der Waals surface area contributed by atoms with Gasteiger partial charge in [0.1, 0.15) is 11.6 Å². The molecule has 1 N–H and O–H groups in total. The first-order valence-corrected chi connectivity index (χ1v) is 7.17. The SMILES string of the molecule is COc1ccc(Cl)cc1C(=O)Nc1c2c(nn1C)CCC2. The summed E-state index contributed by atoms with van der Waals surface area (Å²) in [6, 6.07) is 4.98. The second kappa shape index (κ2) is 5.41. The first kappa shape index (κ1) is 13.9. The van der Waals surface area contributed by atoms with Crippen molar-refractivity contribution in [1.29, 1.82) is 0 Å². The molecular weight excluding hydrogens is 290 g/mol. The molecule has 5 nitrogen and oxygen atoms in total. The Labute approximate surface area is 127 Å². The standard InChI is InChI=1S/C15H16ClN3O2/c1-19-14(10-4-3-5-12(10)18-19)17-15(20)11-8-9(16)6-7-13(11)21-2/h6-8H,3-5H2,1-2H3,(H,17,20). The molecule has 110 valence electrons. The topological polar surface area (TPSA) is 56.1 Å². The number of hydrogen-bond donors (Lipinski definition) is 1. The van der Waals surface area contributed by atoms with Gasteiger partial charge in [-0.25, -0.2) is 0 Å². The van der Waals surface area contributed by atoms with Crippen LogP contribution in [-0.2, 0) is 19.9 Å². The van der Waals surface area contributed by atoms with Gasteiger partial charge in [-0.15, -0.1) is 0 Å². The second-order valence-corrected chi connectivity index (χ2v) is 5.49. The molecule has 0 saturated heterocycles. The molecule has 0 bridgehead atoms. The number of carbonyl (C=O) groups excluding carboxylic acids is 1. The first-order valence-electron chi connectivity index (χ1n) is 6.80. The van der Waals surface area contributed by atoms with Crippen LogP contribution in [0.2, 0.25) is 5.02 Å². The molecule has 1 heterocycles. The minimum Gasteiger partial charge on any atom is -0.496 e. The van der Waals surface area contributed by atoms with Gasteiger partial charge in [-0.3, -0.25) is 9.48 Å². The van der Waals surface area contributed by atoms with Crippen LogP contribution in [0.1, 0.15) is 28.0 Å². The molecule has 1 aromatic heterocycles. The largest absolute Gasteiger partial charge is 0.496 e. The molecule has 21 heavy (non-hydrogen) atoms. The van der Waals surface area contributed by atoms with Crippen molar-refractivity contribution in [1.82, 2.24) is 9.78 Å². The zero-order chi connectivity index (χ0) is 15.0. The molecule has 1 aliphatic carbocycles. The van der Waals surface area contributed by atoms with Crippen molar-refractivity contribution in [3.8, 4) is 5.75 Å². The summed E-state index contributed by atoms with van der Waals surface area (Å²) in [4.78, 5) is 12.5. The van der Waals surface area contributed by atoms with Gasteiger partial charge < -0.3 is 10.1 Å². The van der Waals surface area contributed by atoms with E-state index in [1.165, 1.54) is 7.11 Å². The fourth-order valence-electron chi connectivity index (χ4n) is 2.71. The van der Waals surface area contributed by atoms with E-state index in [2.05, 4.69) is 10.4 Å². The van der Waals surface area contributed by atoms with Crippen molar-refractivity contribution in [3.63, 3.8) is 0 Å². The van der Waals surface area contributed by atoms with Crippen LogP contribution in [0.25, 0.3) is 0 Å². The van der Waals surface area contributed by atoms with Gasteiger partial charge in [-0.05, 0) is 37.5 Å². The van der Waals surface area contributed by atoms with Crippen LogP contribution in [0.5, 0.6) is 5.75 Å². The highest BCUT2D eigenvalue weighted by molar-refractivity contribution is 6.31. The number of halogens is 1. The number of ether oxygens (including phenoxy) is 1. The number of fused-ring (bicyclic) bond motifs is 1. The van der Waals surface area contributed by atoms with Crippen molar-refractivity contribution >= 4 is 23.3 Å². The number of methoxy groups -OCH3 is 1. The number of aromatic nitrogens is 2. The van der Waals surface area contributed by atoms with Crippen LogP contribution in [-0.4, -0.2) is 22.8 Å². The van der Waals surface area contributed by atoms with Gasteiger partial charge in [0.25, 0.3) is 5.91 Å². The average molecular weight is 306 g/mol. The van der Waals surface area contributed by atoms with Crippen LogP contribution in [0.15, 0.2) is 18.2 Å². The number of anilines is 1. The van der Waals surface area contributed by atoms with Crippen LogP contribution in [0.4, 0.5) is 5.82 Å². The third kappa shape index (κ3) is 2.49. The Bertz CT molecular complexity index is 709. The van der Waals surface area contributed by atoms with Crippen molar-refractivity contribution in [3.05, 3.63) is 40.0 Å². The molecule has 0 radical (unpaired) electrons. The molecule has 0 fully saturated rings. The summed E-state index contributed by atoms with van der Waals surface area (Å²) in [5.74, 6) is 1.01. The molecule has 0 unspecified atom stereocenters. The highest BCUT2D eigenvalue weighted by atomic mass is 35.5. The molecule has 6 heteroatoms. The minimum absolute atomic E-state index is 0.243. The van der Waals surface area contributed by atoms with Gasteiger partial charge in [-0.2, -0.15) is 5.10 Å². The van der Waals surface area contributed by atoms with Crippen molar-refractivity contribution < 1.29 is 9.53 Å². The Morgan fingerprint density at radius 2 is 2.24 bits per heavy atom. The molecule has 1 amide bonds. The van der Waals surface area contributed by atoms with Gasteiger partial charge in [0, 0.05) is 17.6 Å². The van der Waals surface area contributed by atoms with E-state index < -0.39 is 0 Å². The van der Waals surface area contributed by atoms with E-state index in [4.69, 9.17) is 16.3 Å². The predicted octanol–water partition coefficient (Wildman–Crippen LogP) is 2.82. The zero-order valence-corrected chi connectivity index (χ0v) is 12.7. The molecular formula is C15H16ClN3O2. The van der Waals surface area contributed by atoms with E-state index in [-0.39, 0.29) is 5.91 Å². The van der Waals surface area contributed by atoms with E-state index in [9.17, 15) is 4.79 Å². The summed E-state index contributed by atoms with van der Waals surface area (Å²) in [7, 11) is 3.37. The average Bonchev–Trinajstić information content (AvgIpc) is 3.02. The third-order valence-electron chi connectivity index (χ3n) is 3.71. The van der Waals surface area contributed by atoms with Crippen LogP contribution in [0.3, 0.4) is 0 Å². The van der Waals surface area contributed by atoms with Crippen LogP contribution < -0.4 is 10.1 Å². The number of aryl methyl sites for hydroxylation is 2. The summed E-state index contributed by atoms with van der Waals surface area (Å²) >= 11 is 5.97. The number of nitrogens with one attached hydrogen (secondary N) is 1. The van der Waals surface area contributed by atoms with Crippen LogP contribution >= 0.6 is 11.6 Å². The minimum atomic E-state index is -0.243. The van der Waals surface area contributed by atoms with Gasteiger partial charge in [0.15, 0.2) is 0 Å². The highest BCUT2D eigenvalue weighted by Crippen LogP contribution is 2.29. The van der Waals surface area contributed by atoms with E-state index in [0.29, 0.717) is 16.3 Å². The molecule has 0 saturated carbocycles. The molecule has 1 aliphatic rings. The molecule has 0 aliphatic heterocycles. The van der Waals surface area contributed by atoms with E-state index in [1.807, 2.05) is 7.05 Å². The maximum atomic E-state index is 12.5. The number of rotatable bonds is 3. The summed E-state index contributed by atoms with van der Waals surface area (Å²) < 4.78 is 6.94. The zero-order valence-electron chi connectivity index (χ0n) is 11.9. The second-order valence-electron chi connectivity index (χ2n) is 5.05. The fraction of sp³-hybridized carbons (Fsp3) is 0.333. The van der Waals surface area contributed by atoms with Crippen LogP contribution in [0, 0.1) is 0 Å². The Morgan fingerprint density at radius 3 is 3.00 bits per heavy atom. The number of benzene rings is 1. The van der Waals surface area contributed by atoms with Crippen molar-refractivity contribution in [2.24, 2.45) is 7.05 Å². The van der Waals surface area contributed by atoms with Crippen molar-refractivity contribution in [2.45, 2.75) is 19.3 Å². The van der Waals surface area contributed by atoms with Gasteiger partial charge in [-0.1, -0.05) is 11.6 Å². The van der Waals surface area contributed by atoms with Gasteiger partial charge in [0.05, 0.1) is 18.4 Å². The molecule has 0 atom stereocenters. The van der Waals surface area contributed by atoms with Gasteiger partial charge >= 0.3 is 0 Å². The van der Waals surface area contributed by atoms with Crippen molar-refractivity contribution in [2.75, 3.05) is 12.4 Å². The smallest absolute Gasteiger partial charge is 0.260 e. The quantitative estimate of drug-likeness (QED) is 0.948. The lowest BCUT2D eigenvalue weighted by atomic mass is 10.1. The maximum Gasteiger partial charge on any atom is 0.260 e.